The monoisotopic (exact) mass is 709 g/mol. The summed E-state index contributed by atoms with van der Waals surface area (Å²) in [5, 5.41) is 5.67. The number of hydrogen-bond donors (Lipinski definition) is 0. The molecule has 0 saturated heterocycles. The van der Waals surface area contributed by atoms with Crippen molar-refractivity contribution < 1.29 is 19.5 Å². The second-order valence-electron chi connectivity index (χ2n) is 13.5. The molecular weight excluding hydrogens is 665 g/mol. The van der Waals surface area contributed by atoms with Crippen molar-refractivity contribution in [2.24, 2.45) is 0 Å². The number of benzene rings is 10. The lowest BCUT2D eigenvalue weighted by Crippen LogP contribution is -1.93. The van der Waals surface area contributed by atoms with E-state index < -0.39 is 65.5 Å². The van der Waals surface area contributed by atoms with Crippen molar-refractivity contribution in [1.82, 2.24) is 0 Å². The summed E-state index contributed by atoms with van der Waals surface area (Å²) in [6, 6.07) is 38.9. The molecule has 1 heterocycles. The predicted octanol–water partition coefficient (Wildman–Crippen LogP) is 15.4. The Balaban J connectivity index is 1.37. The van der Waals surface area contributed by atoms with E-state index in [1.807, 2.05) is 115 Å². The van der Waals surface area contributed by atoms with Crippen LogP contribution in [0.5, 0.6) is 0 Å². The molecule has 0 saturated carbocycles. The van der Waals surface area contributed by atoms with E-state index in [2.05, 4.69) is 24.3 Å². The zero-order chi connectivity index (χ0) is 45.9. The molecule has 1 heteroatoms. The summed E-state index contributed by atoms with van der Waals surface area (Å²) in [5.74, 6) is 0. The van der Waals surface area contributed by atoms with Crippen molar-refractivity contribution in [3.05, 3.63) is 206 Å². The van der Waals surface area contributed by atoms with Gasteiger partial charge in [0.05, 0.1) is 15.1 Å². The van der Waals surface area contributed by atoms with Crippen LogP contribution in [-0.2, 0) is 0 Å². The fourth-order valence-electron chi connectivity index (χ4n) is 8.09. The highest BCUT2D eigenvalue weighted by Crippen LogP contribution is 2.50. The molecular formula is C54H34O. The van der Waals surface area contributed by atoms with Crippen LogP contribution in [0.3, 0.4) is 0 Å². The van der Waals surface area contributed by atoms with Gasteiger partial charge < -0.3 is 4.42 Å². The molecule has 0 atom stereocenters. The van der Waals surface area contributed by atoms with Crippen LogP contribution in [0.4, 0.5) is 0 Å². The van der Waals surface area contributed by atoms with Crippen LogP contribution in [-0.4, -0.2) is 0 Å². The number of fused-ring (bicyclic) bond motifs is 7. The average Bonchev–Trinajstić information content (AvgIpc) is 3.74. The molecule has 0 spiro atoms. The van der Waals surface area contributed by atoms with Crippen molar-refractivity contribution in [2.75, 3.05) is 0 Å². The number of rotatable bonds is 5. The quantitative estimate of drug-likeness (QED) is 0.162. The first kappa shape index (κ1) is 22.1. The highest BCUT2D eigenvalue weighted by molar-refractivity contribution is 6.26. The second kappa shape index (κ2) is 12.7. The Bertz CT molecular complexity index is 3810. The molecule has 0 unspecified atom stereocenters. The normalized spacial score (nSPS) is 14.4. The molecule has 256 valence electrons. The van der Waals surface area contributed by atoms with Gasteiger partial charge in [-0.25, -0.2) is 0 Å². The van der Waals surface area contributed by atoms with Gasteiger partial charge in [-0.2, -0.15) is 0 Å². The van der Waals surface area contributed by atoms with E-state index in [9.17, 15) is 5.48 Å². The molecule has 0 fully saturated rings. The lowest BCUT2D eigenvalue weighted by molar-refractivity contribution is 0.674. The molecule has 0 aliphatic heterocycles. The molecule has 0 bridgehead atoms. The largest absolute Gasteiger partial charge is 0.455 e. The van der Waals surface area contributed by atoms with Gasteiger partial charge in [0, 0.05) is 27.3 Å². The van der Waals surface area contributed by atoms with Crippen molar-refractivity contribution in [3.8, 4) is 55.6 Å². The van der Waals surface area contributed by atoms with E-state index in [-0.39, 0.29) is 39.7 Å². The number of hydrogen-bond acceptors (Lipinski definition) is 1. The Morgan fingerprint density at radius 3 is 1.55 bits per heavy atom. The lowest BCUT2D eigenvalue weighted by Gasteiger charge is -2.20. The van der Waals surface area contributed by atoms with Gasteiger partial charge in [-0.05, 0) is 89.6 Å². The van der Waals surface area contributed by atoms with Crippen molar-refractivity contribution in [1.29, 1.82) is 0 Å². The van der Waals surface area contributed by atoms with Gasteiger partial charge in [0.25, 0.3) is 0 Å². The SMILES string of the molecule is [2H]c1c([2H])c([2H])c(-c2c([2H])c([2H])c([2H])c([2H])c2-c2c([2H])c(-c3c4ccccc4c(-c4ccccc4-c4ccccc4)c4ccccc34)c3oc4c5ccccc5ccc4c3c2[2H])c([2H])c1[2H]. The van der Waals surface area contributed by atoms with Crippen LogP contribution in [0.1, 0.15) is 15.1 Å². The molecule has 55 heavy (non-hydrogen) atoms. The lowest BCUT2D eigenvalue weighted by atomic mass is 9.83. The van der Waals surface area contributed by atoms with Gasteiger partial charge in [0.2, 0.25) is 0 Å². The van der Waals surface area contributed by atoms with E-state index >= 15 is 0 Å². The minimum absolute atomic E-state index is 0.214. The molecule has 0 aliphatic rings. The standard InChI is InChI=1S/C54H34O/c1-3-17-35(18-4-1)39-22-9-10-24-41(39)38-33-49-48-32-31-37-21-7-8-25-42(37)53(48)55-54(49)50(34-38)52-46-29-15-13-27-44(46)51(45-28-14-16-30-47(45)52)43-26-12-11-23-40(43)36-19-5-2-6-20-36/h1-34H/i1D,3D,4D,9D,10D,17D,18D,22D,24D,33D,34D. The van der Waals surface area contributed by atoms with E-state index in [1.54, 1.807) is 0 Å². The van der Waals surface area contributed by atoms with Gasteiger partial charge >= 0.3 is 0 Å². The van der Waals surface area contributed by atoms with Gasteiger partial charge in [-0.1, -0.05) is 188 Å². The third kappa shape index (κ3) is 5.01. The number of furan rings is 1. The Kier molecular flexibility index (Phi) is 5.11. The third-order valence-corrected chi connectivity index (χ3v) is 10.5. The summed E-state index contributed by atoms with van der Waals surface area (Å²) in [6.07, 6.45) is 0. The topological polar surface area (TPSA) is 13.1 Å². The Labute approximate surface area is 334 Å². The molecule has 0 radical (unpaired) electrons. The summed E-state index contributed by atoms with van der Waals surface area (Å²) >= 11 is 0. The van der Waals surface area contributed by atoms with E-state index in [1.165, 1.54) is 0 Å². The first-order chi connectivity index (χ1) is 31.9. The zero-order valence-electron chi connectivity index (χ0n) is 40.2. The minimum Gasteiger partial charge on any atom is -0.455 e. The summed E-state index contributed by atoms with van der Waals surface area (Å²) in [7, 11) is 0. The van der Waals surface area contributed by atoms with Crippen molar-refractivity contribution >= 4 is 54.3 Å². The highest BCUT2D eigenvalue weighted by Gasteiger charge is 2.23. The van der Waals surface area contributed by atoms with E-state index in [0.717, 1.165) is 54.6 Å². The molecule has 11 aromatic rings. The summed E-state index contributed by atoms with van der Waals surface area (Å²) < 4.78 is 108. The predicted molar refractivity (Wildman–Crippen MR) is 233 cm³/mol. The van der Waals surface area contributed by atoms with Crippen LogP contribution in [0.2, 0.25) is 0 Å². The summed E-state index contributed by atoms with van der Waals surface area (Å²) in [4.78, 5) is 0. The molecule has 1 aromatic heterocycles. The highest BCUT2D eigenvalue weighted by atomic mass is 16.3. The molecule has 0 N–H and O–H groups in total. The van der Waals surface area contributed by atoms with Crippen LogP contribution < -0.4 is 0 Å². The second-order valence-corrected chi connectivity index (χ2v) is 13.5. The maximum atomic E-state index is 10.4. The minimum atomic E-state index is -0.700. The van der Waals surface area contributed by atoms with E-state index in [0.29, 0.717) is 16.5 Å². The van der Waals surface area contributed by atoms with Gasteiger partial charge in [-0.15, -0.1) is 0 Å². The zero-order valence-corrected chi connectivity index (χ0v) is 29.2. The third-order valence-electron chi connectivity index (χ3n) is 10.5. The molecule has 0 amide bonds. The molecule has 0 aliphatic carbocycles. The van der Waals surface area contributed by atoms with Gasteiger partial charge in [0.1, 0.15) is 11.2 Å². The van der Waals surface area contributed by atoms with Crippen LogP contribution in [0.25, 0.3) is 110 Å². The molecule has 11 rings (SSSR count). The van der Waals surface area contributed by atoms with Gasteiger partial charge in [0.15, 0.2) is 0 Å². The van der Waals surface area contributed by atoms with Crippen LogP contribution >= 0.6 is 0 Å². The molecule has 10 aromatic carbocycles. The smallest absolute Gasteiger partial charge is 0.143 e. The van der Waals surface area contributed by atoms with Crippen LogP contribution in [0, 0.1) is 0 Å². The Morgan fingerprint density at radius 1 is 0.309 bits per heavy atom. The summed E-state index contributed by atoms with van der Waals surface area (Å²) in [6.45, 7) is 0. The fourth-order valence-corrected chi connectivity index (χ4v) is 8.09. The van der Waals surface area contributed by atoms with Crippen molar-refractivity contribution in [3.63, 3.8) is 0 Å². The maximum Gasteiger partial charge on any atom is 0.143 e. The average molecular weight is 710 g/mol. The van der Waals surface area contributed by atoms with Gasteiger partial charge in [-0.3, -0.25) is 0 Å². The Morgan fingerprint density at radius 2 is 0.855 bits per heavy atom. The first-order valence-corrected chi connectivity index (χ1v) is 18.0. The summed E-state index contributed by atoms with van der Waals surface area (Å²) in [5.41, 5.74) is 4.09. The van der Waals surface area contributed by atoms with E-state index in [4.69, 9.17) is 14.0 Å². The maximum absolute atomic E-state index is 10.4. The Hall–Kier alpha value is -7.22. The van der Waals surface area contributed by atoms with Crippen molar-refractivity contribution in [2.45, 2.75) is 0 Å². The molecule has 1 nitrogen and oxygen atoms in total. The first-order valence-electron chi connectivity index (χ1n) is 23.5. The fraction of sp³-hybridized carbons (Fsp3) is 0. The van der Waals surface area contributed by atoms with Crippen LogP contribution in [0.15, 0.2) is 210 Å².